The predicted octanol–water partition coefficient (Wildman–Crippen LogP) is 2.41. The van der Waals surface area contributed by atoms with Gasteiger partial charge >= 0.3 is 0 Å². The molecule has 2 aromatic rings. The molecule has 1 amide bonds. The zero-order valence-electron chi connectivity index (χ0n) is 10.1. The van der Waals surface area contributed by atoms with E-state index < -0.39 is 32.5 Å². The van der Waals surface area contributed by atoms with Gasteiger partial charge in [-0.25, -0.2) is 17.2 Å². The molecule has 10 heteroatoms. The maximum Gasteiger partial charge on any atom is 0.276 e. The fourth-order valence-corrected chi connectivity index (χ4v) is 3.45. The third-order valence-corrected chi connectivity index (χ3v) is 5.17. The molecule has 21 heavy (non-hydrogen) atoms. The number of carbonyl (C=O) groups is 1. The van der Waals surface area contributed by atoms with Crippen LogP contribution >= 0.6 is 27.3 Å². The van der Waals surface area contributed by atoms with E-state index >= 15 is 0 Å². The Hall–Kier alpha value is -1.36. The smallest absolute Gasteiger partial charge is 0.273 e. The van der Waals surface area contributed by atoms with Crippen LogP contribution in [-0.2, 0) is 10.0 Å². The summed E-state index contributed by atoms with van der Waals surface area (Å²) in [5, 5.41) is 0. The molecule has 0 spiro atoms. The lowest BCUT2D eigenvalue weighted by atomic mass is 10.3. The Labute approximate surface area is 131 Å². The van der Waals surface area contributed by atoms with Gasteiger partial charge in [-0.3, -0.25) is 10.2 Å². The number of amides is 1. The summed E-state index contributed by atoms with van der Waals surface area (Å²) in [6.45, 7) is 0. The molecule has 0 unspecified atom stereocenters. The van der Waals surface area contributed by atoms with Crippen molar-refractivity contribution >= 4 is 43.2 Å². The second-order valence-electron chi connectivity index (χ2n) is 3.74. The highest BCUT2D eigenvalue weighted by molar-refractivity contribution is 9.11. The van der Waals surface area contributed by atoms with E-state index in [0.29, 0.717) is 15.9 Å². The fourth-order valence-electron chi connectivity index (χ4n) is 1.31. The van der Waals surface area contributed by atoms with Crippen LogP contribution in [0, 0.1) is 11.6 Å². The lowest BCUT2D eigenvalue weighted by Gasteiger charge is -2.07. The fraction of sp³-hybridized carbons (Fsp3) is 0. The van der Waals surface area contributed by atoms with Crippen molar-refractivity contribution in [3.63, 3.8) is 0 Å². The highest BCUT2D eigenvalue weighted by Gasteiger charge is 2.18. The van der Waals surface area contributed by atoms with Gasteiger partial charge in [-0.15, -0.1) is 16.2 Å². The van der Waals surface area contributed by atoms with Crippen molar-refractivity contribution in [2.75, 3.05) is 0 Å². The summed E-state index contributed by atoms with van der Waals surface area (Å²) in [5.41, 5.74) is 1.98. The van der Waals surface area contributed by atoms with Crippen LogP contribution in [0.4, 0.5) is 8.78 Å². The molecule has 0 aliphatic heterocycles. The summed E-state index contributed by atoms with van der Waals surface area (Å²) in [6.07, 6.45) is 0. The Balaban J connectivity index is 2.11. The number of halogens is 3. The minimum absolute atomic E-state index is 0.273. The summed E-state index contributed by atoms with van der Waals surface area (Å²) >= 11 is 4.27. The van der Waals surface area contributed by atoms with Crippen LogP contribution in [0.5, 0.6) is 0 Å². The second kappa shape index (κ2) is 6.18. The van der Waals surface area contributed by atoms with E-state index in [9.17, 15) is 22.0 Å². The van der Waals surface area contributed by atoms with E-state index in [0.717, 1.165) is 17.4 Å². The van der Waals surface area contributed by atoms with Gasteiger partial charge in [-0.05, 0) is 46.3 Å². The zero-order chi connectivity index (χ0) is 15.6. The summed E-state index contributed by atoms with van der Waals surface area (Å²) in [7, 11) is -4.19. The standard InChI is InChI=1S/C11H7BrF2N2O3S2/c12-10-4-3-9(20-10)11(17)15-16-21(18,19)6-1-2-7(13)8(14)5-6/h1-5,16H,(H,15,17). The van der Waals surface area contributed by atoms with Crippen LogP contribution in [0.2, 0.25) is 0 Å². The number of nitrogens with one attached hydrogen (secondary N) is 2. The summed E-state index contributed by atoms with van der Waals surface area (Å²) < 4.78 is 50.1. The number of rotatable bonds is 4. The number of hydrazine groups is 1. The van der Waals surface area contributed by atoms with E-state index in [4.69, 9.17) is 0 Å². The first kappa shape index (κ1) is 16.0. The van der Waals surface area contributed by atoms with Crippen LogP contribution in [0.15, 0.2) is 39.0 Å². The van der Waals surface area contributed by atoms with E-state index in [1.807, 2.05) is 5.43 Å². The van der Waals surface area contributed by atoms with Gasteiger partial charge in [0, 0.05) is 0 Å². The molecular weight excluding hydrogens is 390 g/mol. The van der Waals surface area contributed by atoms with Gasteiger partial charge in [-0.1, -0.05) is 0 Å². The third kappa shape index (κ3) is 3.84. The lowest BCUT2D eigenvalue weighted by Crippen LogP contribution is -2.41. The van der Waals surface area contributed by atoms with Crippen molar-refractivity contribution < 1.29 is 22.0 Å². The van der Waals surface area contributed by atoms with Crippen LogP contribution in [0.3, 0.4) is 0 Å². The lowest BCUT2D eigenvalue weighted by molar-refractivity contribution is 0.0949. The van der Waals surface area contributed by atoms with Gasteiger partial charge in [0.1, 0.15) is 0 Å². The molecule has 0 bridgehead atoms. The van der Waals surface area contributed by atoms with Crippen LogP contribution in [0.1, 0.15) is 9.67 Å². The van der Waals surface area contributed by atoms with Gasteiger partial charge < -0.3 is 0 Å². The van der Waals surface area contributed by atoms with Crippen LogP contribution < -0.4 is 10.3 Å². The summed E-state index contributed by atoms with van der Waals surface area (Å²) in [6, 6.07) is 5.21. The van der Waals surface area contributed by atoms with Gasteiger partial charge in [-0.2, -0.15) is 0 Å². The highest BCUT2D eigenvalue weighted by atomic mass is 79.9. The number of hydrogen-bond donors (Lipinski definition) is 2. The maximum atomic E-state index is 13.0. The van der Waals surface area contributed by atoms with Crippen molar-refractivity contribution in [3.8, 4) is 0 Å². The first-order chi connectivity index (χ1) is 9.79. The Bertz CT molecular complexity index is 793. The molecule has 5 nitrogen and oxygen atoms in total. The topological polar surface area (TPSA) is 75.3 Å². The number of benzene rings is 1. The Morgan fingerprint density at radius 2 is 1.86 bits per heavy atom. The molecule has 2 rings (SSSR count). The molecule has 0 radical (unpaired) electrons. The summed E-state index contributed by atoms with van der Waals surface area (Å²) in [5.74, 6) is -3.13. The Kier molecular flexibility index (Phi) is 4.71. The molecule has 2 N–H and O–H groups in total. The van der Waals surface area contributed by atoms with Crippen LogP contribution in [-0.4, -0.2) is 14.3 Å². The highest BCUT2D eigenvalue weighted by Crippen LogP contribution is 2.21. The number of carbonyl (C=O) groups excluding carboxylic acids is 1. The molecule has 1 aromatic carbocycles. The molecule has 0 saturated heterocycles. The van der Waals surface area contributed by atoms with Crippen molar-refractivity contribution in [2.45, 2.75) is 4.90 Å². The van der Waals surface area contributed by atoms with Gasteiger partial charge in [0.2, 0.25) is 0 Å². The Morgan fingerprint density at radius 1 is 1.14 bits per heavy atom. The quantitative estimate of drug-likeness (QED) is 0.779. The molecule has 0 atom stereocenters. The van der Waals surface area contributed by atoms with Crippen molar-refractivity contribution in [1.29, 1.82) is 0 Å². The third-order valence-electron chi connectivity index (χ3n) is 2.30. The van der Waals surface area contributed by atoms with Crippen molar-refractivity contribution in [3.05, 3.63) is 50.6 Å². The van der Waals surface area contributed by atoms with E-state index in [2.05, 4.69) is 15.9 Å². The van der Waals surface area contributed by atoms with E-state index in [-0.39, 0.29) is 4.88 Å². The SMILES string of the molecule is O=C(NNS(=O)(=O)c1ccc(F)c(F)c1)c1ccc(Br)s1. The van der Waals surface area contributed by atoms with Gasteiger partial charge in [0.15, 0.2) is 11.6 Å². The summed E-state index contributed by atoms with van der Waals surface area (Å²) in [4.78, 5) is 13.2. The van der Waals surface area contributed by atoms with Crippen LogP contribution in [0.25, 0.3) is 0 Å². The molecule has 1 heterocycles. The minimum Gasteiger partial charge on any atom is -0.273 e. The molecule has 0 fully saturated rings. The molecule has 1 aromatic heterocycles. The first-order valence-corrected chi connectivity index (χ1v) is 8.41. The molecule has 0 aliphatic carbocycles. The van der Waals surface area contributed by atoms with E-state index in [1.54, 1.807) is 10.9 Å². The average Bonchev–Trinajstić information content (AvgIpc) is 2.86. The predicted molar refractivity (Wildman–Crippen MR) is 76.2 cm³/mol. The van der Waals surface area contributed by atoms with Crippen molar-refractivity contribution in [1.82, 2.24) is 10.3 Å². The van der Waals surface area contributed by atoms with E-state index in [1.165, 1.54) is 6.07 Å². The largest absolute Gasteiger partial charge is 0.276 e. The maximum absolute atomic E-state index is 13.0. The number of sulfonamides is 1. The molecule has 0 saturated carbocycles. The first-order valence-electron chi connectivity index (χ1n) is 5.32. The second-order valence-corrected chi connectivity index (χ2v) is 7.88. The van der Waals surface area contributed by atoms with Gasteiger partial charge in [0.25, 0.3) is 15.9 Å². The molecule has 0 aliphatic rings. The average molecular weight is 397 g/mol. The van der Waals surface area contributed by atoms with Crippen molar-refractivity contribution in [2.24, 2.45) is 0 Å². The molecular formula is C11H7BrF2N2O3S2. The number of thiophene rings is 1. The number of hydrogen-bond acceptors (Lipinski definition) is 4. The Morgan fingerprint density at radius 3 is 2.43 bits per heavy atom. The van der Waals surface area contributed by atoms with Gasteiger partial charge in [0.05, 0.1) is 13.6 Å². The minimum atomic E-state index is -4.19. The molecule has 112 valence electrons. The monoisotopic (exact) mass is 396 g/mol. The zero-order valence-corrected chi connectivity index (χ0v) is 13.3. The normalized spacial score (nSPS) is 11.4.